The molecule has 134 valence electrons. The molecule has 1 aliphatic rings. The molecule has 7 heteroatoms. The van der Waals surface area contributed by atoms with E-state index >= 15 is 0 Å². The van der Waals surface area contributed by atoms with Crippen molar-refractivity contribution in [3.8, 4) is 0 Å². The van der Waals surface area contributed by atoms with Crippen molar-refractivity contribution < 1.29 is 28.6 Å². The van der Waals surface area contributed by atoms with Crippen LogP contribution in [0.15, 0.2) is 58.4 Å². The normalized spacial score (nSPS) is 16.9. The minimum Gasteiger partial charge on any atom is -0.503 e. The zero-order chi connectivity index (χ0) is 18.8. The molecule has 0 aliphatic carbocycles. The molecule has 0 spiro atoms. The molecule has 0 saturated heterocycles. The molecule has 1 N–H and O–H groups in total. The maximum absolute atomic E-state index is 12.6. The van der Waals surface area contributed by atoms with Crippen molar-refractivity contribution >= 4 is 23.3 Å². The molecule has 1 aromatic heterocycles. The number of carbonyl (C=O) groups is 3. The highest BCUT2D eigenvalue weighted by Crippen LogP contribution is 2.40. The van der Waals surface area contributed by atoms with Crippen LogP contribution in [0.2, 0.25) is 0 Å². The van der Waals surface area contributed by atoms with Crippen LogP contribution in [0.4, 0.5) is 5.69 Å². The van der Waals surface area contributed by atoms with E-state index in [0.717, 1.165) is 0 Å². The first kappa shape index (κ1) is 17.5. The third-order valence-corrected chi connectivity index (χ3v) is 4.06. The molecule has 3 rings (SSSR count). The Morgan fingerprint density at radius 1 is 1.23 bits per heavy atom. The molecule has 1 aromatic carbocycles. The summed E-state index contributed by atoms with van der Waals surface area (Å²) >= 11 is 0. The second kappa shape index (κ2) is 6.87. The Morgan fingerprint density at radius 2 is 1.92 bits per heavy atom. The van der Waals surface area contributed by atoms with Crippen molar-refractivity contribution in [3.05, 3.63) is 65.3 Å². The molecule has 0 saturated carbocycles. The topological polar surface area (TPSA) is 97.0 Å². The summed E-state index contributed by atoms with van der Waals surface area (Å²) in [5.74, 6) is -1.86. The van der Waals surface area contributed by atoms with Gasteiger partial charge in [0.25, 0.3) is 5.91 Å². The fourth-order valence-electron chi connectivity index (χ4n) is 2.92. The van der Waals surface area contributed by atoms with Crippen molar-refractivity contribution in [3.63, 3.8) is 0 Å². The maximum atomic E-state index is 12.6. The molecule has 0 radical (unpaired) electrons. The number of Topliss-reactive ketones (excluding diaryl/α,β-unsaturated/α-hetero) is 1. The molecule has 2 aromatic rings. The molecule has 0 bridgehead atoms. The van der Waals surface area contributed by atoms with Gasteiger partial charge in [-0.1, -0.05) is 0 Å². The van der Waals surface area contributed by atoms with Gasteiger partial charge in [0.15, 0.2) is 11.5 Å². The Balaban J connectivity index is 2.02. The van der Waals surface area contributed by atoms with Gasteiger partial charge < -0.3 is 14.3 Å². The zero-order valence-electron chi connectivity index (χ0n) is 14.3. The Labute approximate surface area is 149 Å². The lowest BCUT2D eigenvalue weighted by Crippen LogP contribution is -2.30. The maximum Gasteiger partial charge on any atom is 0.338 e. The van der Waals surface area contributed by atoms with Gasteiger partial charge in [0, 0.05) is 5.69 Å². The van der Waals surface area contributed by atoms with Crippen molar-refractivity contribution in [1.29, 1.82) is 0 Å². The quantitative estimate of drug-likeness (QED) is 0.828. The third kappa shape index (κ3) is 2.88. The number of ketones is 1. The van der Waals surface area contributed by atoms with Gasteiger partial charge in [-0.05, 0) is 50.2 Å². The number of esters is 1. The average Bonchev–Trinajstić information content (AvgIpc) is 3.23. The third-order valence-electron chi connectivity index (χ3n) is 4.06. The van der Waals surface area contributed by atoms with Crippen LogP contribution in [0.1, 0.15) is 36.0 Å². The summed E-state index contributed by atoms with van der Waals surface area (Å²) in [6.07, 6.45) is 1.43. The number of furan rings is 1. The predicted molar refractivity (Wildman–Crippen MR) is 91.7 cm³/mol. The summed E-state index contributed by atoms with van der Waals surface area (Å²) in [4.78, 5) is 37.6. The highest BCUT2D eigenvalue weighted by Gasteiger charge is 2.44. The Hall–Kier alpha value is -3.35. The molecular weight excluding hydrogens is 338 g/mol. The van der Waals surface area contributed by atoms with Gasteiger partial charge in [-0.3, -0.25) is 14.5 Å². The van der Waals surface area contributed by atoms with Crippen molar-refractivity contribution in [2.75, 3.05) is 11.5 Å². The number of nitrogens with zero attached hydrogens (tertiary/aromatic N) is 1. The summed E-state index contributed by atoms with van der Waals surface area (Å²) in [5, 5.41) is 10.2. The smallest absolute Gasteiger partial charge is 0.338 e. The van der Waals surface area contributed by atoms with Crippen LogP contribution >= 0.6 is 0 Å². The largest absolute Gasteiger partial charge is 0.503 e. The number of aliphatic hydroxyl groups excluding tert-OH is 1. The number of carbonyl (C=O) groups excluding carboxylic acids is 3. The van der Waals surface area contributed by atoms with Gasteiger partial charge in [0.1, 0.15) is 11.8 Å². The molecule has 7 nitrogen and oxygen atoms in total. The molecule has 26 heavy (non-hydrogen) atoms. The highest BCUT2D eigenvalue weighted by atomic mass is 16.5. The predicted octanol–water partition coefficient (Wildman–Crippen LogP) is 2.95. The molecule has 1 amide bonds. The second-order valence-electron chi connectivity index (χ2n) is 5.68. The molecule has 0 fully saturated rings. The van der Waals surface area contributed by atoms with E-state index in [1.165, 1.54) is 30.2 Å². The lowest BCUT2D eigenvalue weighted by atomic mass is 10.0. The van der Waals surface area contributed by atoms with E-state index in [4.69, 9.17) is 9.15 Å². The first-order valence-electron chi connectivity index (χ1n) is 8.04. The summed E-state index contributed by atoms with van der Waals surface area (Å²) in [5.41, 5.74) is 0.715. The van der Waals surface area contributed by atoms with Crippen LogP contribution in [-0.2, 0) is 14.3 Å². The van der Waals surface area contributed by atoms with E-state index in [1.54, 1.807) is 31.2 Å². The number of aliphatic hydroxyl groups is 1. The van der Waals surface area contributed by atoms with E-state index in [0.29, 0.717) is 17.0 Å². The summed E-state index contributed by atoms with van der Waals surface area (Å²) in [6.45, 7) is 3.24. The lowest BCUT2D eigenvalue weighted by Gasteiger charge is -2.24. The van der Waals surface area contributed by atoms with Crippen LogP contribution in [0, 0.1) is 0 Å². The zero-order valence-corrected chi connectivity index (χ0v) is 14.3. The van der Waals surface area contributed by atoms with Gasteiger partial charge in [-0.25, -0.2) is 4.79 Å². The Morgan fingerprint density at radius 3 is 2.46 bits per heavy atom. The molecule has 2 heterocycles. The molecule has 0 unspecified atom stereocenters. The Kier molecular flexibility index (Phi) is 4.62. The number of benzene rings is 1. The summed E-state index contributed by atoms with van der Waals surface area (Å²) in [7, 11) is 0. The minimum atomic E-state index is -0.872. The number of rotatable bonds is 5. The SMILES string of the molecule is CCOC(=O)c1ccc(N2C(=O)C(O)=C(C(C)=O)[C@@H]2c2ccco2)cc1. The number of anilines is 1. The van der Waals surface area contributed by atoms with Crippen LogP contribution in [0.3, 0.4) is 0 Å². The van der Waals surface area contributed by atoms with Crippen LogP contribution in [0.5, 0.6) is 0 Å². The van der Waals surface area contributed by atoms with Gasteiger partial charge in [0.05, 0.1) is 24.0 Å². The number of hydrogen-bond acceptors (Lipinski definition) is 6. The van der Waals surface area contributed by atoms with Crippen molar-refractivity contribution in [2.45, 2.75) is 19.9 Å². The van der Waals surface area contributed by atoms with Gasteiger partial charge in [0.2, 0.25) is 0 Å². The fraction of sp³-hybridized carbons (Fsp3) is 0.211. The lowest BCUT2D eigenvalue weighted by molar-refractivity contribution is -0.117. The van der Waals surface area contributed by atoms with Crippen molar-refractivity contribution in [2.24, 2.45) is 0 Å². The Bertz CT molecular complexity index is 879. The monoisotopic (exact) mass is 355 g/mol. The van der Waals surface area contributed by atoms with Crippen molar-refractivity contribution in [1.82, 2.24) is 0 Å². The van der Waals surface area contributed by atoms with Crippen LogP contribution in [0.25, 0.3) is 0 Å². The first-order valence-corrected chi connectivity index (χ1v) is 8.04. The van der Waals surface area contributed by atoms with E-state index in [-0.39, 0.29) is 12.2 Å². The van der Waals surface area contributed by atoms with Gasteiger partial charge in [-0.2, -0.15) is 0 Å². The molecule has 1 atom stereocenters. The van der Waals surface area contributed by atoms with Gasteiger partial charge >= 0.3 is 5.97 Å². The van der Waals surface area contributed by atoms with Crippen LogP contribution < -0.4 is 4.90 Å². The second-order valence-corrected chi connectivity index (χ2v) is 5.68. The summed E-state index contributed by atoms with van der Waals surface area (Å²) < 4.78 is 10.3. The molecule has 1 aliphatic heterocycles. The van der Waals surface area contributed by atoms with E-state index < -0.39 is 29.5 Å². The number of hydrogen-bond donors (Lipinski definition) is 1. The summed E-state index contributed by atoms with van der Waals surface area (Å²) in [6, 6.07) is 8.52. The van der Waals surface area contributed by atoms with E-state index in [1.807, 2.05) is 0 Å². The minimum absolute atomic E-state index is 0.0283. The average molecular weight is 355 g/mol. The highest BCUT2D eigenvalue weighted by molar-refractivity contribution is 6.16. The van der Waals surface area contributed by atoms with E-state index in [2.05, 4.69) is 0 Å². The number of ether oxygens (including phenoxy) is 1. The van der Waals surface area contributed by atoms with E-state index in [9.17, 15) is 19.5 Å². The molecular formula is C19H17NO6. The van der Waals surface area contributed by atoms with Crippen LogP contribution in [-0.4, -0.2) is 29.4 Å². The standard InChI is InChI=1S/C19H17NO6/c1-3-25-19(24)12-6-8-13(9-7-12)20-16(14-5-4-10-26-14)15(11(2)21)17(22)18(20)23/h4-10,16,22H,3H2,1-2H3/t16-/m0/s1. The first-order chi connectivity index (χ1) is 12.5. The fourth-order valence-corrected chi connectivity index (χ4v) is 2.92. The van der Waals surface area contributed by atoms with Gasteiger partial charge in [-0.15, -0.1) is 0 Å². The number of amides is 1.